The molecule has 8 nitrogen and oxygen atoms in total. The fourth-order valence-electron chi connectivity index (χ4n) is 2.95. The lowest BCUT2D eigenvalue weighted by Gasteiger charge is -2.10. The van der Waals surface area contributed by atoms with Crippen molar-refractivity contribution in [3.05, 3.63) is 82.9 Å². The number of ether oxygens (including phenoxy) is 4. The number of hydrogen-bond acceptors (Lipinski definition) is 7. The highest BCUT2D eigenvalue weighted by molar-refractivity contribution is 6.32. The number of para-hydroxylation sites is 1. The molecule has 1 N–H and O–H groups in total. The molecule has 36 heavy (non-hydrogen) atoms. The lowest BCUT2D eigenvalue weighted by molar-refractivity contribution is -0.123. The Morgan fingerprint density at radius 1 is 0.972 bits per heavy atom. The number of amides is 1. The van der Waals surface area contributed by atoms with Crippen molar-refractivity contribution in [1.29, 1.82) is 0 Å². The highest BCUT2D eigenvalue weighted by Gasteiger charge is 2.13. The van der Waals surface area contributed by atoms with Crippen LogP contribution in [0.2, 0.25) is 5.02 Å². The zero-order chi connectivity index (χ0) is 25.8. The minimum atomic E-state index is -0.527. The molecule has 1 amide bonds. The van der Waals surface area contributed by atoms with E-state index in [4.69, 9.17) is 30.5 Å². The smallest absolute Gasteiger partial charge is 0.343 e. The Balaban J connectivity index is 1.54. The van der Waals surface area contributed by atoms with Crippen LogP contribution in [0.1, 0.15) is 35.7 Å². The van der Waals surface area contributed by atoms with E-state index in [0.717, 1.165) is 12.8 Å². The molecule has 9 heteroatoms. The predicted octanol–water partition coefficient (Wildman–Crippen LogP) is 5.28. The summed E-state index contributed by atoms with van der Waals surface area (Å²) in [6.07, 6.45) is 3.44. The number of benzene rings is 3. The third kappa shape index (κ3) is 8.02. The molecule has 0 saturated carbocycles. The first-order valence-corrected chi connectivity index (χ1v) is 11.7. The van der Waals surface area contributed by atoms with Crippen LogP contribution >= 0.6 is 11.6 Å². The van der Waals surface area contributed by atoms with E-state index in [-0.39, 0.29) is 12.4 Å². The minimum Gasteiger partial charge on any atom is -0.494 e. The van der Waals surface area contributed by atoms with Crippen LogP contribution in [-0.2, 0) is 4.79 Å². The number of hydrazone groups is 1. The quantitative estimate of drug-likeness (QED) is 0.117. The number of carbonyl (C=O) groups excluding carboxylic acids is 2. The van der Waals surface area contributed by atoms with Crippen LogP contribution in [0.25, 0.3) is 0 Å². The third-order valence-corrected chi connectivity index (χ3v) is 5.16. The number of nitrogens with one attached hydrogen (secondary N) is 1. The lowest BCUT2D eigenvalue weighted by Crippen LogP contribution is -2.24. The molecule has 0 spiro atoms. The number of unbranched alkanes of at least 4 members (excludes halogenated alkanes) is 1. The van der Waals surface area contributed by atoms with Crippen molar-refractivity contribution >= 4 is 29.7 Å². The van der Waals surface area contributed by atoms with E-state index in [9.17, 15) is 9.59 Å². The van der Waals surface area contributed by atoms with Crippen LogP contribution in [0.15, 0.2) is 71.8 Å². The second-order valence-electron chi connectivity index (χ2n) is 7.54. The molecule has 0 aromatic heterocycles. The van der Waals surface area contributed by atoms with Gasteiger partial charge in [-0.2, -0.15) is 5.10 Å². The molecular weight excluding hydrogens is 484 g/mol. The lowest BCUT2D eigenvalue weighted by atomic mass is 10.2. The van der Waals surface area contributed by atoms with E-state index in [2.05, 4.69) is 17.5 Å². The summed E-state index contributed by atoms with van der Waals surface area (Å²) in [5.41, 5.74) is 3.37. The zero-order valence-electron chi connectivity index (χ0n) is 20.0. The summed E-state index contributed by atoms with van der Waals surface area (Å²) >= 11 is 5.99. The highest BCUT2D eigenvalue weighted by atomic mass is 35.5. The highest BCUT2D eigenvalue weighted by Crippen LogP contribution is 2.28. The maximum absolute atomic E-state index is 12.6. The molecular formula is C27H27ClN2O6. The second-order valence-corrected chi connectivity index (χ2v) is 7.95. The van der Waals surface area contributed by atoms with Crippen molar-refractivity contribution in [2.45, 2.75) is 19.8 Å². The summed E-state index contributed by atoms with van der Waals surface area (Å²) in [7, 11) is 1.46. The van der Waals surface area contributed by atoms with E-state index in [1.807, 2.05) is 0 Å². The van der Waals surface area contributed by atoms with Gasteiger partial charge in [0, 0.05) is 0 Å². The van der Waals surface area contributed by atoms with E-state index in [1.165, 1.54) is 13.3 Å². The van der Waals surface area contributed by atoms with E-state index in [0.29, 0.717) is 40.0 Å². The van der Waals surface area contributed by atoms with E-state index < -0.39 is 11.9 Å². The molecule has 0 atom stereocenters. The number of esters is 1. The van der Waals surface area contributed by atoms with Crippen molar-refractivity contribution in [3.63, 3.8) is 0 Å². The number of methoxy groups -OCH3 is 1. The molecule has 3 aromatic carbocycles. The summed E-state index contributed by atoms with van der Waals surface area (Å²) in [5, 5.41) is 4.32. The Morgan fingerprint density at radius 2 is 1.75 bits per heavy atom. The van der Waals surface area contributed by atoms with Crippen molar-refractivity contribution < 1.29 is 28.5 Å². The first kappa shape index (κ1) is 26.6. The van der Waals surface area contributed by atoms with Gasteiger partial charge in [-0.05, 0) is 66.6 Å². The fourth-order valence-corrected chi connectivity index (χ4v) is 3.14. The average Bonchev–Trinajstić information content (AvgIpc) is 2.89. The molecule has 0 radical (unpaired) electrons. The van der Waals surface area contributed by atoms with Crippen molar-refractivity contribution in [2.24, 2.45) is 5.10 Å². The number of halogens is 1. The van der Waals surface area contributed by atoms with E-state index in [1.54, 1.807) is 66.7 Å². The maximum Gasteiger partial charge on any atom is 0.343 e. The minimum absolute atomic E-state index is 0.245. The standard InChI is InChI=1S/C27H27ClN2O6/c1-3-4-15-34-21-12-10-20(11-13-21)27(32)36-24-14-9-19(16-25(24)33-2)17-29-30-26(31)18-35-23-8-6-5-7-22(23)28/h5-14,16-17H,3-4,15,18H2,1-2H3,(H,30,31). The molecule has 3 rings (SSSR count). The van der Waals surface area contributed by atoms with Gasteiger partial charge in [-0.25, -0.2) is 10.2 Å². The van der Waals surface area contributed by atoms with Crippen molar-refractivity contribution in [1.82, 2.24) is 5.43 Å². The van der Waals surface area contributed by atoms with Crippen molar-refractivity contribution in [2.75, 3.05) is 20.3 Å². The average molecular weight is 511 g/mol. The first-order valence-electron chi connectivity index (χ1n) is 11.3. The molecule has 0 bridgehead atoms. The van der Waals surface area contributed by atoms with Crippen molar-refractivity contribution in [3.8, 4) is 23.0 Å². The van der Waals surface area contributed by atoms with Gasteiger partial charge in [0.25, 0.3) is 5.91 Å². The van der Waals surface area contributed by atoms with Gasteiger partial charge in [-0.15, -0.1) is 0 Å². The fraction of sp³-hybridized carbons (Fsp3) is 0.222. The molecule has 0 heterocycles. The van der Waals surface area contributed by atoms with Gasteiger partial charge in [-0.1, -0.05) is 37.1 Å². The Bertz CT molecular complexity index is 1200. The summed E-state index contributed by atoms with van der Waals surface area (Å²) in [5.74, 6) is 0.708. The number of hydrogen-bond donors (Lipinski definition) is 1. The molecule has 0 fully saturated rings. The maximum atomic E-state index is 12.6. The largest absolute Gasteiger partial charge is 0.494 e. The second kappa shape index (κ2) is 13.7. The summed E-state index contributed by atoms with van der Waals surface area (Å²) in [4.78, 5) is 24.5. The van der Waals surface area contributed by atoms with Crippen LogP contribution in [0.3, 0.4) is 0 Å². The van der Waals surface area contributed by atoms with Gasteiger partial charge in [0.2, 0.25) is 0 Å². The summed E-state index contributed by atoms with van der Waals surface area (Å²) in [6.45, 7) is 2.48. The Morgan fingerprint density at radius 3 is 2.47 bits per heavy atom. The number of carbonyl (C=O) groups is 2. The molecule has 188 valence electrons. The third-order valence-electron chi connectivity index (χ3n) is 4.85. The van der Waals surface area contributed by atoms with Crippen LogP contribution < -0.4 is 24.4 Å². The predicted molar refractivity (Wildman–Crippen MR) is 137 cm³/mol. The molecule has 0 saturated heterocycles. The summed E-state index contributed by atoms with van der Waals surface area (Å²) in [6, 6.07) is 18.5. The van der Waals surface area contributed by atoms with Gasteiger partial charge in [-0.3, -0.25) is 4.79 Å². The SMILES string of the molecule is CCCCOc1ccc(C(=O)Oc2ccc(C=NNC(=O)COc3ccccc3Cl)cc2OC)cc1. The molecule has 3 aromatic rings. The molecule has 0 unspecified atom stereocenters. The summed E-state index contributed by atoms with van der Waals surface area (Å²) < 4.78 is 21.8. The topological polar surface area (TPSA) is 95.5 Å². The van der Waals surface area contributed by atoms with Gasteiger partial charge in [0.1, 0.15) is 11.5 Å². The van der Waals surface area contributed by atoms with Gasteiger partial charge in [0.05, 0.1) is 30.5 Å². The first-order chi connectivity index (χ1) is 17.5. The zero-order valence-corrected chi connectivity index (χ0v) is 20.8. The van der Waals surface area contributed by atoms with Crippen LogP contribution in [-0.4, -0.2) is 38.4 Å². The van der Waals surface area contributed by atoms with Gasteiger partial charge < -0.3 is 18.9 Å². The Kier molecular flexibility index (Phi) is 10.1. The molecule has 0 aliphatic rings. The van der Waals surface area contributed by atoms with Gasteiger partial charge >= 0.3 is 5.97 Å². The van der Waals surface area contributed by atoms with E-state index >= 15 is 0 Å². The Hall–Kier alpha value is -4.04. The molecule has 0 aliphatic carbocycles. The van der Waals surface area contributed by atoms with Crippen LogP contribution in [0, 0.1) is 0 Å². The number of nitrogens with zero attached hydrogens (tertiary/aromatic N) is 1. The number of rotatable bonds is 12. The Labute approximate surface area is 214 Å². The van der Waals surface area contributed by atoms with Gasteiger partial charge in [0.15, 0.2) is 18.1 Å². The van der Waals surface area contributed by atoms with Crippen LogP contribution in [0.5, 0.6) is 23.0 Å². The monoisotopic (exact) mass is 510 g/mol. The molecule has 0 aliphatic heterocycles. The normalized spacial score (nSPS) is 10.6. The van der Waals surface area contributed by atoms with Crippen LogP contribution in [0.4, 0.5) is 0 Å².